The standard InChI is InChI=1S/C21H40O/c1-20(2,3)17-8-6-7-16(9-10-17)15-21(4,5)18-11-13-19(22)14-12-18/h16-19,22H,6-15H2,1-5H3. The summed E-state index contributed by atoms with van der Waals surface area (Å²) in [7, 11) is 0. The summed E-state index contributed by atoms with van der Waals surface area (Å²) >= 11 is 0. The van der Waals surface area contributed by atoms with Crippen LogP contribution >= 0.6 is 0 Å². The van der Waals surface area contributed by atoms with Gasteiger partial charge in [-0.2, -0.15) is 0 Å². The van der Waals surface area contributed by atoms with Gasteiger partial charge in [0.2, 0.25) is 0 Å². The van der Waals surface area contributed by atoms with Crippen LogP contribution in [0.4, 0.5) is 0 Å². The Morgan fingerprint density at radius 2 is 1.32 bits per heavy atom. The smallest absolute Gasteiger partial charge is 0.0540 e. The second-order valence-electron chi connectivity index (χ2n) is 10.1. The number of hydrogen-bond donors (Lipinski definition) is 1. The van der Waals surface area contributed by atoms with Gasteiger partial charge in [-0.1, -0.05) is 53.9 Å². The van der Waals surface area contributed by atoms with E-state index < -0.39 is 0 Å². The molecule has 1 N–H and O–H groups in total. The van der Waals surface area contributed by atoms with Crippen molar-refractivity contribution in [1.29, 1.82) is 0 Å². The van der Waals surface area contributed by atoms with E-state index in [-0.39, 0.29) is 6.10 Å². The zero-order chi connectivity index (χ0) is 16.4. The van der Waals surface area contributed by atoms with Crippen LogP contribution in [-0.4, -0.2) is 11.2 Å². The van der Waals surface area contributed by atoms with Gasteiger partial charge < -0.3 is 5.11 Å². The molecule has 0 aromatic rings. The third-order valence-corrected chi connectivity index (χ3v) is 6.93. The van der Waals surface area contributed by atoms with Crippen LogP contribution in [-0.2, 0) is 0 Å². The van der Waals surface area contributed by atoms with E-state index in [2.05, 4.69) is 34.6 Å². The third kappa shape index (κ3) is 4.98. The van der Waals surface area contributed by atoms with Gasteiger partial charge in [0.05, 0.1) is 6.10 Å². The first kappa shape index (κ1) is 18.3. The van der Waals surface area contributed by atoms with Gasteiger partial charge in [0.25, 0.3) is 0 Å². The molecule has 2 rings (SSSR count). The van der Waals surface area contributed by atoms with Gasteiger partial charge in [-0.05, 0) is 73.5 Å². The van der Waals surface area contributed by atoms with Crippen LogP contribution in [0, 0.1) is 28.6 Å². The number of rotatable bonds is 3. The molecule has 130 valence electrons. The summed E-state index contributed by atoms with van der Waals surface area (Å²) in [5.41, 5.74) is 0.955. The van der Waals surface area contributed by atoms with Gasteiger partial charge in [0.1, 0.15) is 0 Å². The maximum Gasteiger partial charge on any atom is 0.0540 e. The highest BCUT2D eigenvalue weighted by molar-refractivity contribution is 4.87. The highest BCUT2D eigenvalue weighted by Gasteiger charge is 2.36. The van der Waals surface area contributed by atoms with Crippen molar-refractivity contribution in [3.63, 3.8) is 0 Å². The van der Waals surface area contributed by atoms with E-state index in [4.69, 9.17) is 0 Å². The third-order valence-electron chi connectivity index (χ3n) is 6.93. The Hall–Kier alpha value is -0.0400. The van der Waals surface area contributed by atoms with Crippen LogP contribution in [0.5, 0.6) is 0 Å². The van der Waals surface area contributed by atoms with E-state index in [1.165, 1.54) is 51.4 Å². The van der Waals surface area contributed by atoms with E-state index in [0.29, 0.717) is 10.8 Å². The average Bonchev–Trinajstić information content (AvgIpc) is 2.64. The van der Waals surface area contributed by atoms with E-state index in [0.717, 1.165) is 30.6 Å². The Kier molecular flexibility index (Phi) is 6.02. The van der Waals surface area contributed by atoms with Crippen molar-refractivity contribution in [3.8, 4) is 0 Å². The molecule has 2 unspecified atom stereocenters. The molecule has 0 aliphatic heterocycles. The van der Waals surface area contributed by atoms with E-state index >= 15 is 0 Å². The molecule has 0 aromatic heterocycles. The van der Waals surface area contributed by atoms with Crippen LogP contribution in [0.25, 0.3) is 0 Å². The molecule has 1 nitrogen and oxygen atoms in total. The lowest BCUT2D eigenvalue weighted by Crippen LogP contribution is -2.31. The maximum absolute atomic E-state index is 9.76. The van der Waals surface area contributed by atoms with Gasteiger partial charge in [0.15, 0.2) is 0 Å². The quantitative estimate of drug-likeness (QED) is 0.616. The Bertz CT molecular complexity index is 330. The zero-order valence-electron chi connectivity index (χ0n) is 15.8. The SMILES string of the molecule is CC(C)(C)C1CCCC(CC(C)(C)C2CCC(O)CC2)CC1. The van der Waals surface area contributed by atoms with Gasteiger partial charge in [-0.3, -0.25) is 0 Å². The maximum atomic E-state index is 9.76. The second-order valence-corrected chi connectivity index (χ2v) is 10.1. The van der Waals surface area contributed by atoms with Gasteiger partial charge in [0, 0.05) is 0 Å². The first-order valence-corrected chi connectivity index (χ1v) is 9.86. The fourth-order valence-corrected chi connectivity index (χ4v) is 5.22. The monoisotopic (exact) mass is 308 g/mol. The van der Waals surface area contributed by atoms with Gasteiger partial charge >= 0.3 is 0 Å². The van der Waals surface area contributed by atoms with Crippen molar-refractivity contribution in [3.05, 3.63) is 0 Å². The fourth-order valence-electron chi connectivity index (χ4n) is 5.22. The van der Waals surface area contributed by atoms with E-state index in [1.807, 2.05) is 0 Å². The average molecular weight is 309 g/mol. The molecule has 0 radical (unpaired) electrons. The summed E-state index contributed by atoms with van der Waals surface area (Å²) in [5, 5.41) is 9.76. The van der Waals surface area contributed by atoms with Gasteiger partial charge in [-0.15, -0.1) is 0 Å². The normalized spacial score (nSPS) is 35.2. The minimum Gasteiger partial charge on any atom is -0.393 e. The predicted molar refractivity (Wildman–Crippen MR) is 95.9 cm³/mol. The Balaban J connectivity index is 1.87. The van der Waals surface area contributed by atoms with Crippen LogP contribution in [0.2, 0.25) is 0 Å². The highest BCUT2D eigenvalue weighted by Crippen LogP contribution is 2.46. The van der Waals surface area contributed by atoms with Gasteiger partial charge in [-0.25, -0.2) is 0 Å². The van der Waals surface area contributed by atoms with Crippen molar-refractivity contribution in [1.82, 2.24) is 0 Å². The molecule has 0 amide bonds. The van der Waals surface area contributed by atoms with Crippen LogP contribution < -0.4 is 0 Å². The Labute approximate surface area is 139 Å². The Morgan fingerprint density at radius 3 is 1.91 bits per heavy atom. The summed E-state index contributed by atoms with van der Waals surface area (Å²) in [6, 6.07) is 0. The van der Waals surface area contributed by atoms with Crippen molar-refractivity contribution < 1.29 is 5.11 Å². The zero-order valence-corrected chi connectivity index (χ0v) is 15.8. The summed E-state index contributed by atoms with van der Waals surface area (Å²) < 4.78 is 0. The Morgan fingerprint density at radius 1 is 0.727 bits per heavy atom. The number of aliphatic hydroxyl groups is 1. The van der Waals surface area contributed by atoms with E-state index in [9.17, 15) is 5.11 Å². The molecule has 2 aliphatic carbocycles. The molecule has 0 aromatic carbocycles. The predicted octanol–water partition coefficient (Wildman–Crippen LogP) is 6.20. The fraction of sp³-hybridized carbons (Fsp3) is 1.00. The van der Waals surface area contributed by atoms with Crippen molar-refractivity contribution in [2.75, 3.05) is 0 Å². The molecule has 0 saturated heterocycles. The molecule has 2 saturated carbocycles. The highest BCUT2D eigenvalue weighted by atomic mass is 16.3. The number of aliphatic hydroxyl groups excluding tert-OH is 1. The summed E-state index contributed by atoms with van der Waals surface area (Å²) in [5.74, 6) is 2.69. The lowest BCUT2D eigenvalue weighted by molar-refractivity contribution is 0.0521. The van der Waals surface area contributed by atoms with Crippen LogP contribution in [0.15, 0.2) is 0 Å². The topological polar surface area (TPSA) is 20.2 Å². The van der Waals surface area contributed by atoms with Crippen LogP contribution in [0.1, 0.15) is 98.8 Å². The first-order chi connectivity index (χ1) is 10.2. The summed E-state index contributed by atoms with van der Waals surface area (Å²) in [6.07, 6.45) is 13.1. The molecule has 0 heterocycles. The largest absolute Gasteiger partial charge is 0.393 e. The molecular weight excluding hydrogens is 268 g/mol. The van der Waals surface area contributed by atoms with E-state index in [1.54, 1.807) is 0 Å². The molecule has 0 bridgehead atoms. The summed E-state index contributed by atoms with van der Waals surface area (Å²) in [4.78, 5) is 0. The van der Waals surface area contributed by atoms with Crippen molar-refractivity contribution in [2.24, 2.45) is 28.6 Å². The lowest BCUT2D eigenvalue weighted by atomic mass is 9.66. The van der Waals surface area contributed by atoms with Crippen LogP contribution in [0.3, 0.4) is 0 Å². The van der Waals surface area contributed by atoms with Crippen molar-refractivity contribution >= 4 is 0 Å². The molecule has 0 spiro atoms. The molecule has 2 fully saturated rings. The van der Waals surface area contributed by atoms with Crippen molar-refractivity contribution in [2.45, 2.75) is 105 Å². The first-order valence-electron chi connectivity index (χ1n) is 9.86. The number of hydrogen-bond acceptors (Lipinski definition) is 1. The molecular formula is C21H40O. The molecule has 1 heteroatoms. The molecule has 2 aliphatic rings. The summed E-state index contributed by atoms with van der Waals surface area (Å²) in [6.45, 7) is 12.3. The lowest BCUT2D eigenvalue weighted by Gasteiger charge is -2.40. The molecule has 22 heavy (non-hydrogen) atoms. The minimum absolute atomic E-state index is 0.0162. The molecule has 2 atom stereocenters. The minimum atomic E-state index is -0.0162. The second kappa shape index (κ2) is 7.24.